The molecule has 2 aliphatic heterocycles. The van der Waals surface area contributed by atoms with E-state index < -0.39 is 0 Å². The van der Waals surface area contributed by atoms with Gasteiger partial charge in [0, 0.05) is 29.9 Å². The summed E-state index contributed by atoms with van der Waals surface area (Å²) in [6, 6.07) is 4.68. The number of allylic oxidation sites excluding steroid dienone is 1. The summed E-state index contributed by atoms with van der Waals surface area (Å²) in [6.45, 7) is 10.3. The van der Waals surface area contributed by atoms with Gasteiger partial charge in [-0.2, -0.15) is 0 Å². The molecule has 1 aromatic carbocycles. The van der Waals surface area contributed by atoms with E-state index in [1.165, 1.54) is 6.20 Å². The van der Waals surface area contributed by atoms with Crippen LogP contribution >= 0.6 is 11.6 Å². The Labute approximate surface area is 206 Å². The number of hydrogen-bond donors (Lipinski definition) is 2. The zero-order chi connectivity index (χ0) is 24.3. The van der Waals surface area contributed by atoms with Gasteiger partial charge in [-0.15, -0.1) is 0 Å². The molecule has 3 N–H and O–H groups in total. The lowest BCUT2D eigenvalue weighted by molar-refractivity contribution is -0.0712. The summed E-state index contributed by atoms with van der Waals surface area (Å²) in [5.41, 5.74) is 8.97. The average molecular weight is 487 g/mol. The number of piperidine rings is 1. The van der Waals surface area contributed by atoms with Crippen molar-refractivity contribution in [1.29, 1.82) is 0 Å². The Morgan fingerprint density at radius 2 is 2.09 bits per heavy atom. The molecule has 0 aliphatic carbocycles. The highest BCUT2D eigenvalue weighted by Crippen LogP contribution is 2.36. The highest BCUT2D eigenvalue weighted by Gasteiger charge is 2.30. The molecular formula is C25H35ClN6O2. The Morgan fingerprint density at radius 3 is 2.71 bits per heavy atom. The normalized spacial score (nSPS) is 19.4. The third kappa shape index (κ3) is 5.68. The van der Waals surface area contributed by atoms with Crippen molar-refractivity contribution in [3.63, 3.8) is 0 Å². The monoisotopic (exact) mass is 486 g/mol. The van der Waals surface area contributed by atoms with Crippen molar-refractivity contribution < 1.29 is 9.47 Å². The first-order valence-corrected chi connectivity index (χ1v) is 12.2. The van der Waals surface area contributed by atoms with Crippen molar-refractivity contribution in [2.24, 2.45) is 10.7 Å². The van der Waals surface area contributed by atoms with Crippen LogP contribution in [0.15, 0.2) is 35.2 Å². The van der Waals surface area contributed by atoms with E-state index >= 15 is 0 Å². The molecular weight excluding hydrogens is 452 g/mol. The number of aromatic nitrogens is 2. The second kappa shape index (κ2) is 10.6. The molecule has 0 radical (unpaired) electrons. The molecule has 2 aromatic rings. The molecule has 8 nitrogen and oxygen atoms in total. The fraction of sp³-hybridized carbons (Fsp3) is 0.560. The molecule has 0 unspecified atom stereocenters. The van der Waals surface area contributed by atoms with Crippen LogP contribution in [0.25, 0.3) is 10.9 Å². The van der Waals surface area contributed by atoms with Crippen molar-refractivity contribution in [3.05, 3.63) is 40.8 Å². The average Bonchev–Trinajstić information content (AvgIpc) is 2.80. The zero-order valence-corrected chi connectivity index (χ0v) is 21.2. The van der Waals surface area contributed by atoms with Crippen LogP contribution in [0.4, 0.5) is 5.95 Å². The first-order chi connectivity index (χ1) is 16.3. The number of nitrogens with one attached hydrogen (secondary N) is 1. The number of methoxy groups -OCH3 is 1. The Hall–Kier alpha value is -2.26. The molecule has 2 fully saturated rings. The minimum absolute atomic E-state index is 0.349. The van der Waals surface area contributed by atoms with Crippen molar-refractivity contribution in [3.8, 4) is 0 Å². The van der Waals surface area contributed by atoms with Crippen LogP contribution in [-0.4, -0.2) is 72.2 Å². The molecule has 4 rings (SSSR count). The Bertz CT molecular complexity index is 1070. The number of aliphatic imine (C=N–C) groups is 1. The van der Waals surface area contributed by atoms with Gasteiger partial charge in [0.15, 0.2) is 0 Å². The Balaban J connectivity index is 1.49. The van der Waals surface area contributed by atoms with Gasteiger partial charge in [0.1, 0.15) is 0 Å². The summed E-state index contributed by atoms with van der Waals surface area (Å²) in [7, 11) is 1.68. The molecule has 0 bridgehead atoms. The fourth-order valence-electron chi connectivity index (χ4n) is 4.28. The predicted molar refractivity (Wildman–Crippen MR) is 138 cm³/mol. The van der Waals surface area contributed by atoms with Gasteiger partial charge in [-0.05, 0) is 70.3 Å². The lowest BCUT2D eigenvalue weighted by atomic mass is 9.88. The molecule has 9 heteroatoms. The molecule has 0 saturated carbocycles. The number of anilines is 1. The van der Waals surface area contributed by atoms with Crippen LogP contribution in [-0.2, 0) is 9.47 Å². The Morgan fingerprint density at radius 1 is 1.35 bits per heavy atom. The number of fused-ring (bicyclic) bond motifs is 1. The van der Waals surface area contributed by atoms with Gasteiger partial charge in [0.25, 0.3) is 0 Å². The minimum Gasteiger partial charge on any atom is -0.403 e. The highest BCUT2D eigenvalue weighted by atomic mass is 35.5. The molecule has 2 aliphatic rings. The van der Waals surface area contributed by atoms with E-state index in [9.17, 15) is 0 Å². The number of nitrogens with two attached hydrogens (primary N) is 1. The van der Waals surface area contributed by atoms with Crippen molar-refractivity contribution >= 4 is 34.2 Å². The maximum atomic E-state index is 6.69. The van der Waals surface area contributed by atoms with Crippen molar-refractivity contribution in [2.45, 2.75) is 51.2 Å². The van der Waals surface area contributed by atoms with Gasteiger partial charge in [-0.3, -0.25) is 9.89 Å². The standard InChI is InChI=1S/C25H35ClN6O2/c1-16(29-15-25(2,3)33-4)23(11-27)31-24-28-12-18-9-21(26)20(10-22(18)30-24)17-5-7-32(8-6-17)19-13-34-14-19/h9-12,17,19H,5-8,13-15,27H2,1-4H3,(H,28,30,31). The van der Waals surface area contributed by atoms with E-state index in [0.29, 0.717) is 30.1 Å². The second-order valence-electron chi connectivity index (χ2n) is 9.70. The SMILES string of the molecule is COC(C)(C)CN=C(C)C(=CN)Nc1ncc2cc(Cl)c(C3CCN(C4COC4)CC3)cc2n1. The number of rotatable bonds is 8. The van der Waals surface area contributed by atoms with Crippen LogP contribution in [0.2, 0.25) is 5.02 Å². The molecule has 34 heavy (non-hydrogen) atoms. The molecule has 0 amide bonds. The van der Waals surface area contributed by atoms with E-state index in [4.69, 9.17) is 31.8 Å². The number of halogens is 1. The lowest BCUT2D eigenvalue weighted by Gasteiger charge is -2.41. The van der Waals surface area contributed by atoms with Crippen LogP contribution in [0.5, 0.6) is 0 Å². The van der Waals surface area contributed by atoms with Gasteiger partial charge in [0.05, 0.1) is 48.3 Å². The van der Waals surface area contributed by atoms with Gasteiger partial charge < -0.3 is 20.5 Å². The van der Waals surface area contributed by atoms with Crippen molar-refractivity contribution in [2.75, 3.05) is 45.3 Å². The lowest BCUT2D eigenvalue weighted by Crippen LogP contribution is -2.51. The Kier molecular flexibility index (Phi) is 7.72. The number of likely N-dealkylation sites (tertiary alicyclic amines) is 1. The summed E-state index contributed by atoms with van der Waals surface area (Å²) >= 11 is 6.69. The van der Waals surface area contributed by atoms with Gasteiger partial charge >= 0.3 is 0 Å². The predicted octanol–water partition coefficient (Wildman–Crippen LogP) is 3.96. The van der Waals surface area contributed by atoms with Crippen molar-refractivity contribution in [1.82, 2.24) is 14.9 Å². The molecule has 1 aromatic heterocycles. The number of ether oxygens (including phenoxy) is 2. The summed E-state index contributed by atoms with van der Waals surface area (Å²) in [4.78, 5) is 16.4. The summed E-state index contributed by atoms with van der Waals surface area (Å²) in [6.07, 6.45) is 5.45. The first-order valence-electron chi connectivity index (χ1n) is 11.8. The van der Waals surface area contributed by atoms with E-state index in [-0.39, 0.29) is 5.60 Å². The molecule has 184 valence electrons. The number of nitrogens with zero attached hydrogens (tertiary/aromatic N) is 4. The van der Waals surface area contributed by atoms with Gasteiger partial charge in [0.2, 0.25) is 5.95 Å². The smallest absolute Gasteiger partial charge is 0.227 e. The highest BCUT2D eigenvalue weighted by molar-refractivity contribution is 6.32. The van der Waals surface area contributed by atoms with Crippen LogP contribution in [0, 0.1) is 0 Å². The van der Waals surface area contributed by atoms with Gasteiger partial charge in [-0.1, -0.05) is 11.6 Å². The molecule has 0 spiro atoms. The molecule has 0 atom stereocenters. The number of benzene rings is 1. The largest absolute Gasteiger partial charge is 0.403 e. The maximum Gasteiger partial charge on any atom is 0.227 e. The van der Waals surface area contributed by atoms with E-state index in [1.54, 1.807) is 13.3 Å². The first kappa shape index (κ1) is 24.9. The third-order valence-corrected chi connectivity index (χ3v) is 7.18. The van der Waals surface area contributed by atoms with Crippen LogP contribution in [0.1, 0.15) is 45.1 Å². The summed E-state index contributed by atoms with van der Waals surface area (Å²) < 4.78 is 10.8. The van der Waals surface area contributed by atoms with E-state index in [1.807, 2.05) is 26.8 Å². The van der Waals surface area contributed by atoms with Crippen LogP contribution < -0.4 is 11.1 Å². The minimum atomic E-state index is -0.349. The summed E-state index contributed by atoms with van der Waals surface area (Å²) in [5, 5.41) is 4.91. The topological polar surface area (TPSA) is 97.9 Å². The van der Waals surface area contributed by atoms with Crippen LogP contribution in [0.3, 0.4) is 0 Å². The fourth-order valence-corrected chi connectivity index (χ4v) is 4.61. The van der Waals surface area contributed by atoms with Gasteiger partial charge in [-0.25, -0.2) is 9.97 Å². The zero-order valence-electron chi connectivity index (χ0n) is 20.5. The maximum absolute atomic E-state index is 6.69. The van der Waals surface area contributed by atoms with E-state index in [2.05, 4.69) is 26.3 Å². The second-order valence-corrected chi connectivity index (χ2v) is 10.1. The molecule has 3 heterocycles. The quantitative estimate of drug-likeness (QED) is 0.545. The van der Waals surface area contributed by atoms with E-state index in [0.717, 1.165) is 66.3 Å². The third-order valence-electron chi connectivity index (χ3n) is 6.86. The number of hydrogen-bond acceptors (Lipinski definition) is 8. The molecule has 2 saturated heterocycles. The summed E-state index contributed by atoms with van der Waals surface area (Å²) in [5.74, 6) is 0.899.